The van der Waals surface area contributed by atoms with Gasteiger partial charge in [-0.1, -0.05) is 19.3 Å². The highest BCUT2D eigenvalue weighted by molar-refractivity contribution is 5.88. The number of carbonyl (C=O) groups is 1. The Balaban J connectivity index is 1.71. The minimum Gasteiger partial charge on any atom is -0.454 e. The summed E-state index contributed by atoms with van der Waals surface area (Å²) in [5.41, 5.74) is 2.58. The second kappa shape index (κ2) is 6.64. The van der Waals surface area contributed by atoms with Gasteiger partial charge in [-0.05, 0) is 18.9 Å². The summed E-state index contributed by atoms with van der Waals surface area (Å²) >= 11 is 0. The number of nitro benzene ring substituents is 1. The Labute approximate surface area is 132 Å². The lowest BCUT2D eigenvalue weighted by Crippen LogP contribution is -2.28. The topological polar surface area (TPSA) is 103 Å². The first-order valence-electron chi connectivity index (χ1n) is 7.56. The van der Waals surface area contributed by atoms with Gasteiger partial charge in [-0.3, -0.25) is 14.9 Å². The first-order valence-corrected chi connectivity index (χ1v) is 7.56. The molecule has 122 valence electrons. The van der Waals surface area contributed by atoms with Crippen LogP contribution in [0, 0.1) is 16.0 Å². The Morgan fingerprint density at radius 1 is 1.26 bits per heavy atom. The predicted octanol–water partition coefficient (Wildman–Crippen LogP) is 2.35. The molecule has 2 aliphatic rings. The van der Waals surface area contributed by atoms with Gasteiger partial charge in [-0.15, -0.1) is 0 Å². The molecule has 8 heteroatoms. The van der Waals surface area contributed by atoms with E-state index in [0.717, 1.165) is 32.1 Å². The number of carbonyl (C=O) groups excluding carboxylic acids is 1. The molecular weight excluding hydrogens is 302 g/mol. The zero-order chi connectivity index (χ0) is 16.2. The average Bonchev–Trinajstić information content (AvgIpc) is 3.02. The average molecular weight is 319 g/mol. The van der Waals surface area contributed by atoms with E-state index in [1.54, 1.807) is 0 Å². The molecule has 1 aliphatic carbocycles. The fourth-order valence-electron chi connectivity index (χ4n) is 2.83. The van der Waals surface area contributed by atoms with E-state index in [4.69, 9.17) is 9.47 Å². The van der Waals surface area contributed by atoms with Crippen LogP contribution in [0.2, 0.25) is 0 Å². The smallest absolute Gasteiger partial charge is 0.282 e. The minimum absolute atomic E-state index is 0.0207. The standard InChI is InChI=1S/C15H17N3O5/c19-15(10-4-2-1-3-5-10)17-16-8-11-6-13-14(23-9-22-13)7-12(11)18(20)21/h6-8,10H,1-5,9H2,(H,17,19)/b16-8-. The van der Waals surface area contributed by atoms with E-state index < -0.39 is 4.92 Å². The second-order valence-corrected chi connectivity index (χ2v) is 5.59. The fraction of sp³-hybridized carbons (Fsp3) is 0.467. The Kier molecular flexibility index (Phi) is 4.40. The van der Waals surface area contributed by atoms with Gasteiger partial charge in [0, 0.05) is 5.92 Å². The summed E-state index contributed by atoms with van der Waals surface area (Å²) in [6.45, 7) is 0.0332. The van der Waals surface area contributed by atoms with Gasteiger partial charge in [-0.2, -0.15) is 5.10 Å². The molecule has 1 heterocycles. The normalized spacial score (nSPS) is 17.4. The lowest BCUT2D eigenvalue weighted by atomic mass is 9.89. The van der Waals surface area contributed by atoms with Crippen molar-refractivity contribution < 1.29 is 19.2 Å². The van der Waals surface area contributed by atoms with Crippen LogP contribution in [-0.2, 0) is 4.79 Å². The first kappa shape index (κ1) is 15.3. The van der Waals surface area contributed by atoms with Crippen LogP contribution in [0.25, 0.3) is 0 Å². The molecule has 0 spiro atoms. The Bertz CT molecular complexity index is 653. The molecular formula is C15H17N3O5. The molecule has 1 aliphatic heterocycles. The van der Waals surface area contributed by atoms with E-state index in [0.29, 0.717) is 11.5 Å². The van der Waals surface area contributed by atoms with Crippen molar-refractivity contribution in [2.45, 2.75) is 32.1 Å². The van der Waals surface area contributed by atoms with Crippen molar-refractivity contribution >= 4 is 17.8 Å². The highest BCUT2D eigenvalue weighted by atomic mass is 16.7. The predicted molar refractivity (Wildman–Crippen MR) is 81.5 cm³/mol. The molecule has 1 fully saturated rings. The molecule has 0 saturated heterocycles. The summed E-state index contributed by atoms with van der Waals surface area (Å²) in [7, 11) is 0. The summed E-state index contributed by atoms with van der Waals surface area (Å²) in [5.74, 6) is 0.604. The zero-order valence-corrected chi connectivity index (χ0v) is 12.5. The highest BCUT2D eigenvalue weighted by Crippen LogP contribution is 2.37. The van der Waals surface area contributed by atoms with Gasteiger partial charge in [0.05, 0.1) is 22.8 Å². The molecule has 1 aromatic rings. The largest absolute Gasteiger partial charge is 0.454 e. The van der Waals surface area contributed by atoms with E-state index in [2.05, 4.69) is 10.5 Å². The highest BCUT2D eigenvalue weighted by Gasteiger charge is 2.23. The summed E-state index contributed by atoms with van der Waals surface area (Å²) in [6.07, 6.45) is 6.26. The molecule has 0 unspecified atom stereocenters. The number of hydrogen-bond acceptors (Lipinski definition) is 6. The van der Waals surface area contributed by atoms with Crippen LogP contribution in [0.4, 0.5) is 5.69 Å². The summed E-state index contributed by atoms with van der Waals surface area (Å²) in [5, 5.41) is 15.0. The molecule has 0 aromatic heterocycles. The number of rotatable bonds is 4. The molecule has 1 saturated carbocycles. The lowest BCUT2D eigenvalue weighted by molar-refractivity contribution is -0.385. The van der Waals surface area contributed by atoms with Crippen molar-refractivity contribution in [2.24, 2.45) is 11.0 Å². The maximum atomic E-state index is 12.0. The molecule has 1 N–H and O–H groups in total. The Hall–Kier alpha value is -2.64. The van der Waals surface area contributed by atoms with Crippen LogP contribution in [0.3, 0.4) is 0 Å². The number of hydrazone groups is 1. The molecule has 8 nitrogen and oxygen atoms in total. The summed E-state index contributed by atoms with van der Waals surface area (Å²) in [6, 6.07) is 2.78. The van der Waals surface area contributed by atoms with Gasteiger partial charge >= 0.3 is 0 Å². The van der Waals surface area contributed by atoms with E-state index in [1.165, 1.54) is 18.3 Å². The van der Waals surface area contributed by atoms with Gasteiger partial charge in [0.25, 0.3) is 5.69 Å². The third-order valence-electron chi connectivity index (χ3n) is 4.07. The van der Waals surface area contributed by atoms with Gasteiger partial charge in [0.1, 0.15) is 0 Å². The van der Waals surface area contributed by atoms with E-state index >= 15 is 0 Å². The monoisotopic (exact) mass is 319 g/mol. The van der Waals surface area contributed by atoms with Crippen LogP contribution >= 0.6 is 0 Å². The van der Waals surface area contributed by atoms with Crippen molar-refractivity contribution in [3.8, 4) is 11.5 Å². The van der Waals surface area contributed by atoms with Crippen molar-refractivity contribution in [2.75, 3.05) is 6.79 Å². The first-order chi connectivity index (χ1) is 11.1. The van der Waals surface area contributed by atoms with Crippen molar-refractivity contribution in [3.05, 3.63) is 27.8 Å². The molecule has 3 rings (SSSR count). The number of nitro groups is 1. The maximum absolute atomic E-state index is 12.0. The maximum Gasteiger partial charge on any atom is 0.282 e. The number of nitrogens with one attached hydrogen (secondary N) is 1. The van der Waals surface area contributed by atoms with Crippen molar-refractivity contribution in [1.82, 2.24) is 5.43 Å². The van der Waals surface area contributed by atoms with E-state index in [-0.39, 0.29) is 29.9 Å². The fourth-order valence-corrected chi connectivity index (χ4v) is 2.83. The zero-order valence-electron chi connectivity index (χ0n) is 12.5. The molecule has 1 amide bonds. The number of amides is 1. The van der Waals surface area contributed by atoms with Gasteiger partial charge < -0.3 is 9.47 Å². The van der Waals surface area contributed by atoms with Crippen LogP contribution < -0.4 is 14.9 Å². The van der Waals surface area contributed by atoms with E-state index in [9.17, 15) is 14.9 Å². The van der Waals surface area contributed by atoms with Crippen LogP contribution in [-0.4, -0.2) is 23.8 Å². The Morgan fingerprint density at radius 3 is 2.65 bits per heavy atom. The minimum atomic E-state index is -0.522. The molecule has 1 aromatic carbocycles. The second-order valence-electron chi connectivity index (χ2n) is 5.59. The third-order valence-corrected chi connectivity index (χ3v) is 4.07. The van der Waals surface area contributed by atoms with Crippen LogP contribution in [0.5, 0.6) is 11.5 Å². The van der Waals surface area contributed by atoms with Crippen molar-refractivity contribution in [3.63, 3.8) is 0 Å². The summed E-state index contributed by atoms with van der Waals surface area (Å²) < 4.78 is 10.3. The SMILES string of the molecule is O=C(N/N=C\c1cc2c(cc1[N+](=O)[O-])OCO2)C1CCCCC1. The Morgan fingerprint density at radius 2 is 1.96 bits per heavy atom. The third kappa shape index (κ3) is 3.41. The molecule has 23 heavy (non-hydrogen) atoms. The lowest BCUT2D eigenvalue weighted by Gasteiger charge is -2.19. The van der Waals surface area contributed by atoms with Crippen LogP contribution in [0.1, 0.15) is 37.7 Å². The molecule has 0 bridgehead atoms. The van der Waals surface area contributed by atoms with E-state index in [1.807, 2.05) is 0 Å². The number of ether oxygens (including phenoxy) is 2. The number of hydrogen-bond donors (Lipinski definition) is 1. The van der Waals surface area contributed by atoms with Crippen molar-refractivity contribution in [1.29, 1.82) is 0 Å². The van der Waals surface area contributed by atoms with Crippen LogP contribution in [0.15, 0.2) is 17.2 Å². The quantitative estimate of drug-likeness (QED) is 0.521. The number of nitrogens with zero attached hydrogens (tertiary/aromatic N) is 2. The molecule has 0 radical (unpaired) electrons. The molecule has 0 atom stereocenters. The van der Waals surface area contributed by atoms with Gasteiger partial charge in [-0.25, -0.2) is 5.43 Å². The van der Waals surface area contributed by atoms with Gasteiger partial charge in [0.15, 0.2) is 11.5 Å². The number of benzene rings is 1. The summed E-state index contributed by atoms with van der Waals surface area (Å²) in [4.78, 5) is 22.6. The van der Waals surface area contributed by atoms with Gasteiger partial charge in [0.2, 0.25) is 12.7 Å². The number of fused-ring (bicyclic) bond motifs is 1.